The lowest BCUT2D eigenvalue weighted by Crippen LogP contribution is -3.06. The van der Waals surface area contributed by atoms with Crippen molar-refractivity contribution in [2.75, 3.05) is 40.5 Å². The van der Waals surface area contributed by atoms with Crippen molar-refractivity contribution in [1.82, 2.24) is 0 Å². The molecular weight excluding hydrogens is 238 g/mol. The molecule has 0 saturated carbocycles. The van der Waals surface area contributed by atoms with Crippen LogP contribution in [0.4, 0.5) is 0 Å². The Morgan fingerprint density at radius 1 is 1.18 bits per heavy atom. The highest BCUT2D eigenvalue weighted by Gasteiger charge is 2.01. The molecule has 0 spiro atoms. The summed E-state index contributed by atoms with van der Waals surface area (Å²) in [6.45, 7) is 4.90. The Bertz CT molecular complexity index is 342. The van der Waals surface area contributed by atoms with Gasteiger partial charge in [0.2, 0.25) is 0 Å². The van der Waals surface area contributed by atoms with E-state index in [2.05, 4.69) is 14.1 Å². The monoisotopic (exact) mass is 258 g/mol. The number of hydrogen-bond donors (Lipinski definition) is 1. The Morgan fingerprint density at radius 2 is 1.94 bits per heavy atom. The van der Waals surface area contributed by atoms with E-state index in [-0.39, 0.29) is 0 Å². The van der Waals surface area contributed by atoms with Crippen LogP contribution in [-0.2, 0) is 4.74 Å². The molecule has 0 unspecified atom stereocenters. The van der Waals surface area contributed by atoms with Crippen molar-refractivity contribution in [1.29, 1.82) is 0 Å². The molecule has 1 aromatic carbocycles. The highest BCUT2D eigenvalue weighted by Crippen LogP contribution is 2.24. The van der Waals surface area contributed by atoms with E-state index >= 15 is 0 Å². The van der Waals surface area contributed by atoms with E-state index in [0.717, 1.165) is 24.5 Å². The van der Waals surface area contributed by atoms with Gasteiger partial charge in [0.05, 0.1) is 32.3 Å². The smallest absolute Gasteiger partial charge is 0.138 e. The molecular formula is C13H21ClNO2+. The lowest BCUT2D eigenvalue weighted by Gasteiger charge is -2.10. The Kier molecular flexibility index (Phi) is 6.34. The van der Waals surface area contributed by atoms with Crippen LogP contribution in [-0.4, -0.2) is 40.5 Å². The Hall–Kier alpha value is -0.770. The predicted molar refractivity (Wildman–Crippen MR) is 70.2 cm³/mol. The standard InChI is InChI=1S/C13H20ClNO2/c1-11-4-5-12(14)13(10-11)17-9-8-16-7-6-15(2)3/h4-5,10H,6-9H2,1-3H3/p+1. The van der Waals surface area contributed by atoms with Gasteiger partial charge in [-0.3, -0.25) is 0 Å². The van der Waals surface area contributed by atoms with Crippen molar-refractivity contribution >= 4 is 11.6 Å². The van der Waals surface area contributed by atoms with E-state index < -0.39 is 0 Å². The molecule has 0 aliphatic heterocycles. The first-order valence-electron chi connectivity index (χ1n) is 5.85. The number of halogens is 1. The highest BCUT2D eigenvalue weighted by molar-refractivity contribution is 6.32. The summed E-state index contributed by atoms with van der Waals surface area (Å²) in [5.41, 5.74) is 1.14. The fourth-order valence-corrected chi connectivity index (χ4v) is 1.48. The molecule has 0 amide bonds. The third-order valence-electron chi connectivity index (χ3n) is 2.32. The molecule has 17 heavy (non-hydrogen) atoms. The third kappa shape index (κ3) is 5.91. The molecule has 1 rings (SSSR count). The van der Waals surface area contributed by atoms with Gasteiger partial charge in [0.15, 0.2) is 0 Å². The summed E-state index contributed by atoms with van der Waals surface area (Å²) in [7, 11) is 4.21. The fourth-order valence-electron chi connectivity index (χ4n) is 1.31. The van der Waals surface area contributed by atoms with Crippen LogP contribution < -0.4 is 9.64 Å². The van der Waals surface area contributed by atoms with Gasteiger partial charge in [-0.05, 0) is 24.6 Å². The van der Waals surface area contributed by atoms with Gasteiger partial charge >= 0.3 is 0 Å². The zero-order valence-electron chi connectivity index (χ0n) is 10.8. The van der Waals surface area contributed by atoms with Gasteiger partial charge in [-0.2, -0.15) is 0 Å². The number of nitrogens with one attached hydrogen (secondary N) is 1. The van der Waals surface area contributed by atoms with Crippen LogP contribution in [0.15, 0.2) is 18.2 Å². The predicted octanol–water partition coefficient (Wildman–Crippen LogP) is 1.19. The summed E-state index contributed by atoms with van der Waals surface area (Å²) >= 11 is 6.01. The number of ether oxygens (including phenoxy) is 2. The van der Waals surface area contributed by atoms with E-state index in [4.69, 9.17) is 21.1 Å². The van der Waals surface area contributed by atoms with Crippen molar-refractivity contribution in [2.45, 2.75) is 6.92 Å². The number of hydrogen-bond acceptors (Lipinski definition) is 2. The number of benzene rings is 1. The fraction of sp³-hybridized carbons (Fsp3) is 0.538. The normalized spacial score (nSPS) is 10.9. The topological polar surface area (TPSA) is 22.9 Å². The summed E-state index contributed by atoms with van der Waals surface area (Å²) in [6.07, 6.45) is 0. The summed E-state index contributed by atoms with van der Waals surface area (Å²) in [6, 6.07) is 5.75. The maximum absolute atomic E-state index is 6.01. The summed E-state index contributed by atoms with van der Waals surface area (Å²) in [4.78, 5) is 1.38. The van der Waals surface area contributed by atoms with Crippen LogP contribution in [0.1, 0.15) is 5.56 Å². The first kappa shape index (κ1) is 14.3. The lowest BCUT2D eigenvalue weighted by molar-refractivity contribution is -0.858. The summed E-state index contributed by atoms with van der Waals surface area (Å²) in [5.74, 6) is 0.730. The van der Waals surface area contributed by atoms with Crippen molar-refractivity contribution in [3.63, 3.8) is 0 Å². The lowest BCUT2D eigenvalue weighted by atomic mass is 10.2. The first-order valence-corrected chi connectivity index (χ1v) is 6.23. The summed E-state index contributed by atoms with van der Waals surface area (Å²) < 4.78 is 11.0. The number of aryl methyl sites for hydroxylation is 1. The van der Waals surface area contributed by atoms with Crippen LogP contribution >= 0.6 is 11.6 Å². The summed E-state index contributed by atoms with van der Waals surface area (Å²) in [5, 5.41) is 0.647. The van der Waals surface area contributed by atoms with E-state index in [1.165, 1.54) is 4.90 Å². The minimum atomic E-state index is 0.534. The molecule has 0 radical (unpaired) electrons. The molecule has 0 aliphatic rings. The Morgan fingerprint density at radius 3 is 2.65 bits per heavy atom. The van der Waals surface area contributed by atoms with Gasteiger partial charge in [-0.25, -0.2) is 0 Å². The molecule has 0 aliphatic carbocycles. The van der Waals surface area contributed by atoms with Crippen LogP contribution in [0.2, 0.25) is 5.02 Å². The second-order valence-electron chi connectivity index (χ2n) is 4.35. The molecule has 0 fully saturated rings. The quantitative estimate of drug-likeness (QED) is 0.743. The van der Waals surface area contributed by atoms with Gasteiger partial charge in [0.1, 0.15) is 18.9 Å². The van der Waals surface area contributed by atoms with Gasteiger partial charge in [0.25, 0.3) is 0 Å². The maximum atomic E-state index is 6.01. The SMILES string of the molecule is Cc1ccc(Cl)c(OCCOCC[NH+](C)C)c1. The molecule has 3 nitrogen and oxygen atoms in total. The molecule has 0 atom stereocenters. The number of rotatable bonds is 7. The van der Waals surface area contributed by atoms with Gasteiger partial charge in [-0.1, -0.05) is 17.7 Å². The molecule has 0 saturated heterocycles. The molecule has 4 heteroatoms. The van der Waals surface area contributed by atoms with Gasteiger partial charge in [-0.15, -0.1) is 0 Å². The van der Waals surface area contributed by atoms with Crippen LogP contribution in [0.3, 0.4) is 0 Å². The molecule has 0 heterocycles. The third-order valence-corrected chi connectivity index (χ3v) is 2.63. The van der Waals surface area contributed by atoms with Crippen LogP contribution in [0.5, 0.6) is 5.75 Å². The molecule has 0 aromatic heterocycles. The average Bonchev–Trinajstić information content (AvgIpc) is 2.27. The van der Waals surface area contributed by atoms with Gasteiger partial charge in [0, 0.05) is 0 Å². The second-order valence-corrected chi connectivity index (χ2v) is 4.76. The maximum Gasteiger partial charge on any atom is 0.138 e. The minimum absolute atomic E-state index is 0.534. The molecule has 0 bridgehead atoms. The zero-order valence-corrected chi connectivity index (χ0v) is 11.5. The molecule has 1 N–H and O–H groups in total. The van der Waals surface area contributed by atoms with Crippen molar-refractivity contribution in [3.8, 4) is 5.75 Å². The van der Waals surface area contributed by atoms with Crippen molar-refractivity contribution < 1.29 is 14.4 Å². The van der Waals surface area contributed by atoms with Gasteiger partial charge < -0.3 is 14.4 Å². The highest BCUT2D eigenvalue weighted by atomic mass is 35.5. The second kappa shape index (κ2) is 7.54. The van der Waals surface area contributed by atoms with E-state index in [1.807, 2.05) is 25.1 Å². The zero-order chi connectivity index (χ0) is 12.7. The van der Waals surface area contributed by atoms with Crippen LogP contribution in [0, 0.1) is 6.92 Å². The Labute approximate surface area is 108 Å². The van der Waals surface area contributed by atoms with Crippen molar-refractivity contribution in [3.05, 3.63) is 28.8 Å². The average molecular weight is 259 g/mol. The largest absolute Gasteiger partial charge is 0.490 e. The van der Waals surface area contributed by atoms with Crippen LogP contribution in [0.25, 0.3) is 0 Å². The van der Waals surface area contributed by atoms with E-state index in [0.29, 0.717) is 18.2 Å². The van der Waals surface area contributed by atoms with E-state index in [9.17, 15) is 0 Å². The minimum Gasteiger partial charge on any atom is -0.490 e. The Balaban J connectivity index is 2.20. The first-order chi connectivity index (χ1) is 8.09. The number of likely N-dealkylation sites (N-methyl/N-ethyl adjacent to an activating group) is 1. The van der Waals surface area contributed by atoms with Crippen molar-refractivity contribution in [2.24, 2.45) is 0 Å². The molecule has 96 valence electrons. The number of quaternary nitrogens is 1. The molecule has 1 aromatic rings. The van der Waals surface area contributed by atoms with E-state index in [1.54, 1.807) is 0 Å².